The molecule has 20 heavy (non-hydrogen) atoms. The van der Waals surface area contributed by atoms with Gasteiger partial charge in [-0.2, -0.15) is 0 Å². The number of ether oxygens (including phenoxy) is 1. The number of amides is 1. The fourth-order valence-electron chi connectivity index (χ4n) is 3.20. The second-order valence-electron chi connectivity index (χ2n) is 6.06. The Morgan fingerprint density at radius 1 is 1.35 bits per heavy atom. The Hall–Kier alpha value is -1.55. The highest BCUT2D eigenvalue weighted by molar-refractivity contribution is 5.91. The number of likely N-dealkylation sites (tertiary alicyclic amines) is 1. The third kappa shape index (κ3) is 4.23. The van der Waals surface area contributed by atoms with Crippen molar-refractivity contribution in [3.8, 4) is 5.75 Å². The third-order valence-corrected chi connectivity index (χ3v) is 3.84. The highest BCUT2D eigenvalue weighted by Gasteiger charge is 2.26. The van der Waals surface area contributed by atoms with Crippen LogP contribution in [0, 0.1) is 11.8 Å². The molecule has 0 aliphatic carbocycles. The van der Waals surface area contributed by atoms with Crippen molar-refractivity contribution in [1.29, 1.82) is 0 Å². The zero-order valence-corrected chi connectivity index (χ0v) is 12.6. The summed E-state index contributed by atoms with van der Waals surface area (Å²) >= 11 is 0. The van der Waals surface area contributed by atoms with Crippen molar-refractivity contribution >= 4 is 11.6 Å². The lowest BCUT2D eigenvalue weighted by Gasteiger charge is -2.31. The SMILES string of the molecule is COc1cccc(NC(=O)C[NH+]2C[C@H](C)C[C@H](C)C2)c1. The first-order chi connectivity index (χ1) is 9.56. The predicted octanol–water partition coefficient (Wildman–Crippen LogP) is 1.19. The van der Waals surface area contributed by atoms with Crippen LogP contribution in [0.5, 0.6) is 5.75 Å². The van der Waals surface area contributed by atoms with Crippen molar-refractivity contribution in [2.24, 2.45) is 11.8 Å². The van der Waals surface area contributed by atoms with E-state index in [0.717, 1.165) is 24.5 Å². The molecule has 1 aromatic carbocycles. The maximum atomic E-state index is 12.1. The van der Waals surface area contributed by atoms with E-state index in [1.807, 2.05) is 24.3 Å². The minimum absolute atomic E-state index is 0.0783. The molecule has 0 aromatic heterocycles. The van der Waals surface area contributed by atoms with Crippen LogP contribution in [0.25, 0.3) is 0 Å². The van der Waals surface area contributed by atoms with Crippen molar-refractivity contribution < 1.29 is 14.4 Å². The van der Waals surface area contributed by atoms with Gasteiger partial charge in [0, 0.05) is 23.6 Å². The molecule has 1 aromatic rings. The summed E-state index contributed by atoms with van der Waals surface area (Å²) in [6, 6.07) is 7.48. The smallest absolute Gasteiger partial charge is 0.279 e. The van der Waals surface area contributed by atoms with Gasteiger partial charge in [-0.1, -0.05) is 19.9 Å². The minimum atomic E-state index is 0.0783. The molecule has 3 atom stereocenters. The maximum absolute atomic E-state index is 12.1. The number of carbonyl (C=O) groups excluding carboxylic acids is 1. The second kappa shape index (κ2) is 6.75. The average Bonchev–Trinajstić information content (AvgIpc) is 2.37. The van der Waals surface area contributed by atoms with Crippen LogP contribution in [0.4, 0.5) is 5.69 Å². The molecule has 4 heteroatoms. The van der Waals surface area contributed by atoms with E-state index in [0.29, 0.717) is 18.4 Å². The van der Waals surface area contributed by atoms with E-state index in [2.05, 4.69) is 19.2 Å². The number of hydrogen-bond acceptors (Lipinski definition) is 2. The van der Waals surface area contributed by atoms with Gasteiger partial charge in [-0.25, -0.2) is 0 Å². The summed E-state index contributed by atoms with van der Waals surface area (Å²) in [6.45, 7) is 7.28. The lowest BCUT2D eigenvalue weighted by atomic mass is 9.92. The van der Waals surface area contributed by atoms with Crippen LogP contribution < -0.4 is 15.0 Å². The standard InChI is InChI=1S/C16H24N2O2/c1-12-7-13(2)10-18(9-12)11-16(19)17-14-5-4-6-15(8-14)20-3/h4-6,8,12-13H,7,9-11H2,1-3H3,(H,17,19)/p+1/t12-,13+. The molecule has 1 fully saturated rings. The number of methoxy groups -OCH3 is 1. The molecular formula is C16H25N2O2+. The molecule has 2 rings (SSSR count). The molecule has 110 valence electrons. The number of benzene rings is 1. The first-order valence-corrected chi connectivity index (χ1v) is 7.34. The number of carbonyl (C=O) groups is 1. The molecule has 0 spiro atoms. The Labute approximate surface area is 121 Å². The molecule has 0 radical (unpaired) electrons. The van der Waals surface area contributed by atoms with E-state index < -0.39 is 0 Å². The number of hydrogen-bond donors (Lipinski definition) is 2. The summed E-state index contributed by atoms with van der Waals surface area (Å²) < 4.78 is 5.16. The Kier molecular flexibility index (Phi) is 5.01. The van der Waals surface area contributed by atoms with Gasteiger partial charge in [-0.05, 0) is 18.6 Å². The van der Waals surface area contributed by atoms with E-state index in [4.69, 9.17) is 4.74 Å². The highest BCUT2D eigenvalue weighted by Crippen LogP contribution is 2.16. The lowest BCUT2D eigenvalue weighted by molar-refractivity contribution is -0.904. The maximum Gasteiger partial charge on any atom is 0.279 e. The molecule has 1 aliphatic rings. The molecule has 0 bridgehead atoms. The summed E-state index contributed by atoms with van der Waals surface area (Å²) in [6.07, 6.45) is 1.28. The van der Waals surface area contributed by atoms with Crippen LogP contribution in [-0.2, 0) is 4.79 Å². The zero-order valence-electron chi connectivity index (χ0n) is 12.6. The van der Waals surface area contributed by atoms with E-state index >= 15 is 0 Å². The number of nitrogens with one attached hydrogen (secondary N) is 2. The van der Waals surface area contributed by atoms with Crippen LogP contribution in [0.15, 0.2) is 24.3 Å². The van der Waals surface area contributed by atoms with Gasteiger partial charge in [-0.15, -0.1) is 0 Å². The van der Waals surface area contributed by atoms with Gasteiger partial charge in [0.25, 0.3) is 5.91 Å². The Morgan fingerprint density at radius 3 is 2.70 bits per heavy atom. The van der Waals surface area contributed by atoms with Crippen LogP contribution >= 0.6 is 0 Å². The van der Waals surface area contributed by atoms with E-state index in [-0.39, 0.29) is 5.91 Å². The molecule has 2 N–H and O–H groups in total. The van der Waals surface area contributed by atoms with Crippen molar-refractivity contribution in [3.05, 3.63) is 24.3 Å². The Balaban J connectivity index is 1.88. The van der Waals surface area contributed by atoms with Gasteiger partial charge in [-0.3, -0.25) is 4.79 Å². The normalized spacial score (nSPS) is 26.1. The lowest BCUT2D eigenvalue weighted by Crippen LogP contribution is -3.15. The van der Waals surface area contributed by atoms with E-state index in [1.165, 1.54) is 11.3 Å². The molecule has 4 nitrogen and oxygen atoms in total. The minimum Gasteiger partial charge on any atom is -0.497 e. The van der Waals surface area contributed by atoms with Crippen LogP contribution in [0.2, 0.25) is 0 Å². The molecule has 1 saturated heterocycles. The Bertz CT molecular complexity index is 452. The average molecular weight is 277 g/mol. The van der Waals surface area contributed by atoms with Gasteiger partial charge < -0.3 is 15.0 Å². The van der Waals surface area contributed by atoms with E-state index in [9.17, 15) is 4.79 Å². The Morgan fingerprint density at radius 2 is 2.05 bits per heavy atom. The number of piperidine rings is 1. The van der Waals surface area contributed by atoms with Gasteiger partial charge in [0.15, 0.2) is 6.54 Å². The number of anilines is 1. The first-order valence-electron chi connectivity index (χ1n) is 7.34. The van der Waals surface area contributed by atoms with Crippen LogP contribution in [0.1, 0.15) is 20.3 Å². The summed E-state index contributed by atoms with van der Waals surface area (Å²) in [7, 11) is 1.63. The molecular weight excluding hydrogens is 252 g/mol. The van der Waals surface area contributed by atoms with Crippen molar-refractivity contribution in [3.63, 3.8) is 0 Å². The van der Waals surface area contributed by atoms with E-state index in [1.54, 1.807) is 7.11 Å². The summed E-state index contributed by atoms with van der Waals surface area (Å²) in [5.41, 5.74) is 0.798. The van der Waals surface area contributed by atoms with Crippen molar-refractivity contribution in [1.82, 2.24) is 0 Å². The third-order valence-electron chi connectivity index (χ3n) is 3.84. The van der Waals surface area contributed by atoms with Gasteiger partial charge in [0.2, 0.25) is 0 Å². The summed E-state index contributed by atoms with van der Waals surface area (Å²) in [5.74, 6) is 2.25. The largest absolute Gasteiger partial charge is 0.497 e. The van der Waals surface area contributed by atoms with Crippen LogP contribution in [-0.4, -0.2) is 32.7 Å². The first kappa shape index (κ1) is 14.9. The van der Waals surface area contributed by atoms with Gasteiger partial charge in [0.1, 0.15) is 5.75 Å². The monoisotopic (exact) mass is 277 g/mol. The fourth-order valence-corrected chi connectivity index (χ4v) is 3.20. The highest BCUT2D eigenvalue weighted by atomic mass is 16.5. The predicted molar refractivity (Wildman–Crippen MR) is 80.1 cm³/mol. The van der Waals surface area contributed by atoms with Crippen molar-refractivity contribution in [2.75, 3.05) is 32.1 Å². The summed E-state index contributed by atoms with van der Waals surface area (Å²) in [5, 5.41) is 2.95. The van der Waals surface area contributed by atoms with Gasteiger partial charge >= 0.3 is 0 Å². The van der Waals surface area contributed by atoms with Gasteiger partial charge in [0.05, 0.1) is 20.2 Å². The van der Waals surface area contributed by atoms with Crippen molar-refractivity contribution in [2.45, 2.75) is 20.3 Å². The molecule has 1 amide bonds. The fraction of sp³-hybridized carbons (Fsp3) is 0.562. The quantitative estimate of drug-likeness (QED) is 0.868. The second-order valence-corrected chi connectivity index (χ2v) is 6.06. The molecule has 1 unspecified atom stereocenters. The summed E-state index contributed by atoms with van der Waals surface area (Å²) in [4.78, 5) is 13.5. The molecule has 1 heterocycles. The molecule has 0 saturated carbocycles. The molecule has 1 aliphatic heterocycles. The number of rotatable bonds is 4. The zero-order chi connectivity index (χ0) is 14.5. The topological polar surface area (TPSA) is 42.8 Å². The number of quaternary nitrogens is 1. The van der Waals surface area contributed by atoms with Crippen LogP contribution in [0.3, 0.4) is 0 Å².